The van der Waals surface area contributed by atoms with Crippen molar-refractivity contribution >= 4 is 11.7 Å². The first-order chi connectivity index (χ1) is 12.6. The zero-order chi connectivity index (χ0) is 18.1. The fourth-order valence-electron chi connectivity index (χ4n) is 3.43. The summed E-state index contributed by atoms with van der Waals surface area (Å²) < 4.78 is 38.6. The van der Waals surface area contributed by atoms with Crippen LogP contribution in [-0.2, 0) is 19.3 Å². The van der Waals surface area contributed by atoms with Crippen LogP contribution >= 0.6 is 0 Å². The molecule has 7 heteroatoms. The van der Waals surface area contributed by atoms with E-state index in [-0.39, 0.29) is 0 Å². The average Bonchev–Trinajstić information content (AvgIpc) is 3.26. The molecule has 0 unspecified atom stereocenters. The summed E-state index contributed by atoms with van der Waals surface area (Å²) >= 11 is 0. The highest BCUT2D eigenvalue weighted by atomic mass is 19.1. The Morgan fingerprint density at radius 1 is 1.12 bits per heavy atom. The lowest BCUT2D eigenvalue weighted by Gasteiger charge is -2.14. The molecule has 0 spiro atoms. The Hall–Kier alpha value is -2.83. The molecule has 0 saturated carbocycles. The topological polar surface area (TPSA) is 59.6 Å². The van der Waals surface area contributed by atoms with Crippen molar-refractivity contribution in [3.8, 4) is 11.5 Å². The van der Waals surface area contributed by atoms with Crippen molar-refractivity contribution in [1.29, 1.82) is 0 Å². The molecule has 136 valence electrons. The number of nitrogens with one attached hydrogen (secondary N) is 2. The highest BCUT2D eigenvalue weighted by molar-refractivity contribution is 5.89. The maximum Gasteiger partial charge on any atom is 0.319 e. The van der Waals surface area contributed by atoms with E-state index in [1.54, 1.807) is 0 Å². The van der Waals surface area contributed by atoms with E-state index in [4.69, 9.17) is 9.47 Å². The first-order valence-electron chi connectivity index (χ1n) is 8.55. The van der Waals surface area contributed by atoms with Crippen molar-refractivity contribution in [3.05, 3.63) is 52.6 Å². The summed E-state index contributed by atoms with van der Waals surface area (Å²) in [4.78, 5) is 12.0. The lowest BCUT2D eigenvalue weighted by Crippen LogP contribution is -2.31. The van der Waals surface area contributed by atoms with Gasteiger partial charge >= 0.3 is 6.03 Å². The summed E-state index contributed by atoms with van der Waals surface area (Å²) in [6, 6.07) is 4.80. The number of ether oxygens (including phenoxy) is 2. The van der Waals surface area contributed by atoms with Gasteiger partial charge in [-0.25, -0.2) is 13.6 Å². The molecule has 2 heterocycles. The van der Waals surface area contributed by atoms with Crippen LogP contribution in [0.25, 0.3) is 0 Å². The number of carbonyl (C=O) groups excluding carboxylic acids is 1. The molecule has 2 aromatic carbocycles. The Morgan fingerprint density at radius 3 is 2.69 bits per heavy atom. The third-order valence-corrected chi connectivity index (χ3v) is 4.62. The molecule has 2 aromatic rings. The quantitative estimate of drug-likeness (QED) is 0.880. The fraction of sp³-hybridized carbons (Fsp3) is 0.316. The van der Waals surface area contributed by atoms with Gasteiger partial charge in [0.2, 0.25) is 0 Å². The summed E-state index contributed by atoms with van der Waals surface area (Å²) in [7, 11) is 0. The summed E-state index contributed by atoms with van der Waals surface area (Å²) in [6.07, 6.45) is 2.22. The number of hydrogen-bond acceptors (Lipinski definition) is 3. The third-order valence-electron chi connectivity index (χ3n) is 4.62. The van der Waals surface area contributed by atoms with Gasteiger partial charge in [-0.3, -0.25) is 0 Å². The lowest BCUT2D eigenvalue weighted by atomic mass is 9.97. The normalized spacial score (nSPS) is 14.2. The van der Waals surface area contributed by atoms with Crippen molar-refractivity contribution in [2.45, 2.75) is 19.3 Å². The number of fused-ring (bicyclic) bond motifs is 2. The zero-order valence-corrected chi connectivity index (χ0v) is 14.0. The second-order valence-electron chi connectivity index (χ2n) is 6.24. The molecule has 2 N–H and O–H groups in total. The number of urea groups is 1. The molecule has 2 aliphatic rings. The molecule has 0 atom stereocenters. The van der Waals surface area contributed by atoms with Gasteiger partial charge in [0.15, 0.2) is 0 Å². The number of anilines is 1. The van der Waals surface area contributed by atoms with Gasteiger partial charge in [-0.05, 0) is 24.6 Å². The Kier molecular flexibility index (Phi) is 4.36. The van der Waals surface area contributed by atoms with Crippen LogP contribution in [0.5, 0.6) is 11.5 Å². The summed E-state index contributed by atoms with van der Waals surface area (Å²) in [5.74, 6) is 0.146. The first-order valence-corrected chi connectivity index (χ1v) is 8.55. The number of para-hydroxylation sites is 1. The molecule has 5 nitrogen and oxygen atoms in total. The largest absolute Gasteiger partial charge is 0.493 e. The van der Waals surface area contributed by atoms with Gasteiger partial charge in [0.1, 0.15) is 28.8 Å². The predicted octanol–water partition coefficient (Wildman–Crippen LogP) is 3.20. The molecule has 0 bridgehead atoms. The second-order valence-corrected chi connectivity index (χ2v) is 6.24. The van der Waals surface area contributed by atoms with E-state index in [2.05, 4.69) is 10.6 Å². The van der Waals surface area contributed by atoms with Gasteiger partial charge in [0.05, 0.1) is 13.2 Å². The van der Waals surface area contributed by atoms with Crippen molar-refractivity contribution < 1.29 is 23.0 Å². The molecule has 0 aliphatic carbocycles. The highest BCUT2D eigenvalue weighted by Crippen LogP contribution is 2.40. The van der Waals surface area contributed by atoms with Crippen molar-refractivity contribution in [3.63, 3.8) is 0 Å². The number of benzene rings is 2. The number of carbonyl (C=O) groups is 1. The minimum absolute atomic E-state index is 0.314. The van der Waals surface area contributed by atoms with Crippen LogP contribution in [0.1, 0.15) is 16.7 Å². The van der Waals surface area contributed by atoms with Crippen molar-refractivity contribution in [1.82, 2.24) is 5.32 Å². The molecule has 0 fully saturated rings. The monoisotopic (exact) mass is 360 g/mol. The van der Waals surface area contributed by atoms with E-state index in [9.17, 15) is 13.6 Å². The Labute approximate surface area is 149 Å². The fourth-order valence-corrected chi connectivity index (χ4v) is 3.43. The summed E-state index contributed by atoms with van der Waals surface area (Å²) in [5.41, 5.74) is 2.83. The lowest BCUT2D eigenvalue weighted by molar-refractivity contribution is 0.252. The number of hydrogen-bond donors (Lipinski definition) is 2. The van der Waals surface area contributed by atoms with Crippen molar-refractivity contribution in [2.75, 3.05) is 25.1 Å². The standard InChI is InChI=1S/C19H18F2N2O3/c20-14-2-1-3-15(21)17(14)23-19(24)22-7-4-13-12-6-9-25-16(12)10-11-5-8-26-18(11)13/h1-3,10H,4-9H2,(H2,22,23,24). The van der Waals surface area contributed by atoms with Gasteiger partial charge in [0, 0.05) is 36.1 Å². The van der Waals surface area contributed by atoms with Gasteiger partial charge in [0.25, 0.3) is 0 Å². The molecule has 2 aliphatic heterocycles. The Balaban J connectivity index is 1.42. The van der Waals surface area contributed by atoms with Gasteiger partial charge in [-0.2, -0.15) is 0 Å². The number of rotatable bonds is 4. The maximum absolute atomic E-state index is 13.6. The second kappa shape index (κ2) is 6.82. The maximum atomic E-state index is 13.6. The number of halogens is 2. The first kappa shape index (κ1) is 16.6. The predicted molar refractivity (Wildman–Crippen MR) is 91.9 cm³/mol. The van der Waals surface area contributed by atoms with Crippen LogP contribution in [0.2, 0.25) is 0 Å². The van der Waals surface area contributed by atoms with Crippen LogP contribution in [-0.4, -0.2) is 25.8 Å². The van der Waals surface area contributed by atoms with E-state index in [1.807, 2.05) is 6.07 Å². The average molecular weight is 360 g/mol. The van der Waals surface area contributed by atoms with E-state index >= 15 is 0 Å². The molecule has 26 heavy (non-hydrogen) atoms. The smallest absolute Gasteiger partial charge is 0.319 e. The minimum atomic E-state index is -0.815. The molecular formula is C19H18F2N2O3. The summed E-state index contributed by atoms with van der Waals surface area (Å²) in [6.45, 7) is 1.60. The molecular weight excluding hydrogens is 342 g/mol. The Bertz CT molecular complexity index is 818. The minimum Gasteiger partial charge on any atom is -0.493 e. The molecule has 4 rings (SSSR count). The zero-order valence-electron chi connectivity index (χ0n) is 14.0. The summed E-state index contributed by atoms with van der Waals surface area (Å²) in [5, 5.41) is 4.85. The van der Waals surface area contributed by atoms with Crippen LogP contribution in [0.4, 0.5) is 19.3 Å². The molecule has 2 amide bonds. The van der Waals surface area contributed by atoms with E-state index in [1.165, 1.54) is 6.07 Å². The Morgan fingerprint density at radius 2 is 1.88 bits per heavy atom. The van der Waals surface area contributed by atoms with Crippen molar-refractivity contribution in [2.24, 2.45) is 0 Å². The van der Waals surface area contributed by atoms with Crippen LogP contribution in [0.3, 0.4) is 0 Å². The van der Waals surface area contributed by atoms with Crippen LogP contribution in [0.15, 0.2) is 24.3 Å². The van der Waals surface area contributed by atoms with Gasteiger partial charge in [-0.15, -0.1) is 0 Å². The van der Waals surface area contributed by atoms with E-state index in [0.29, 0.717) is 26.2 Å². The van der Waals surface area contributed by atoms with Crippen LogP contribution < -0.4 is 20.1 Å². The highest BCUT2D eigenvalue weighted by Gasteiger charge is 2.26. The number of amides is 2. The molecule has 0 aromatic heterocycles. The van der Waals surface area contributed by atoms with Gasteiger partial charge < -0.3 is 20.1 Å². The SMILES string of the molecule is O=C(NCCc1c2c(cc3c1OCC3)OCC2)Nc1c(F)cccc1F. The van der Waals surface area contributed by atoms with E-state index < -0.39 is 23.4 Å². The third kappa shape index (κ3) is 3.05. The molecule has 0 radical (unpaired) electrons. The molecule has 0 saturated heterocycles. The van der Waals surface area contributed by atoms with Gasteiger partial charge in [-0.1, -0.05) is 6.07 Å². The van der Waals surface area contributed by atoms with E-state index in [0.717, 1.165) is 53.2 Å². The van der Waals surface area contributed by atoms with Crippen LogP contribution in [0, 0.1) is 11.6 Å².